The van der Waals surface area contributed by atoms with Crippen molar-refractivity contribution in [1.29, 1.82) is 0 Å². The number of aromatic nitrogens is 3. The van der Waals surface area contributed by atoms with Crippen LogP contribution in [0.5, 0.6) is 11.6 Å². The summed E-state index contributed by atoms with van der Waals surface area (Å²) >= 11 is 0. The molecule has 1 N–H and O–H groups in total. The lowest BCUT2D eigenvalue weighted by atomic mass is 10.3. The van der Waals surface area contributed by atoms with Crippen molar-refractivity contribution in [1.82, 2.24) is 15.0 Å². The summed E-state index contributed by atoms with van der Waals surface area (Å²) in [6, 6.07) is 4.62. The van der Waals surface area contributed by atoms with Crippen molar-refractivity contribution in [2.24, 2.45) is 0 Å². The van der Waals surface area contributed by atoms with Crippen molar-refractivity contribution in [2.75, 3.05) is 12.4 Å². The fourth-order valence-corrected chi connectivity index (χ4v) is 1.40. The second-order valence-electron chi connectivity index (χ2n) is 3.64. The Hall–Kier alpha value is -2.51. The molecular weight excluding hydrogens is 270 g/mol. The zero-order chi connectivity index (χ0) is 14.4. The Labute approximate surface area is 113 Å². The van der Waals surface area contributed by atoms with Crippen LogP contribution in [-0.2, 0) is 6.54 Å². The molecule has 8 heteroatoms. The summed E-state index contributed by atoms with van der Waals surface area (Å²) in [5.74, 6) is 0.844. The predicted molar refractivity (Wildman–Crippen MR) is 66.8 cm³/mol. The van der Waals surface area contributed by atoms with E-state index in [2.05, 4.69) is 25.0 Å². The second kappa shape index (κ2) is 6.60. The van der Waals surface area contributed by atoms with Crippen molar-refractivity contribution in [2.45, 2.75) is 13.2 Å². The molecule has 2 rings (SSSR count). The SMILES string of the molecule is COc1ccnc(NCc2ccc(OC(F)F)cn2)n1. The number of hydrogen-bond acceptors (Lipinski definition) is 6. The number of hydrogen-bond donors (Lipinski definition) is 1. The summed E-state index contributed by atoms with van der Waals surface area (Å²) in [5.41, 5.74) is 0.637. The fraction of sp³-hybridized carbons (Fsp3) is 0.250. The van der Waals surface area contributed by atoms with Gasteiger partial charge in [-0.05, 0) is 12.1 Å². The maximum absolute atomic E-state index is 12.0. The number of halogens is 2. The molecule has 6 nitrogen and oxygen atoms in total. The molecule has 2 aromatic rings. The van der Waals surface area contributed by atoms with Crippen molar-refractivity contribution >= 4 is 5.95 Å². The number of nitrogens with one attached hydrogen (secondary N) is 1. The first-order valence-electron chi connectivity index (χ1n) is 5.68. The Morgan fingerprint density at radius 1 is 1.25 bits per heavy atom. The minimum absolute atomic E-state index is 0.0152. The highest BCUT2D eigenvalue weighted by atomic mass is 19.3. The van der Waals surface area contributed by atoms with Crippen LogP contribution in [0, 0.1) is 0 Å². The Morgan fingerprint density at radius 2 is 2.10 bits per heavy atom. The van der Waals surface area contributed by atoms with Gasteiger partial charge in [0.2, 0.25) is 11.8 Å². The highest BCUT2D eigenvalue weighted by Gasteiger charge is 2.05. The second-order valence-corrected chi connectivity index (χ2v) is 3.64. The molecule has 0 aromatic carbocycles. The van der Waals surface area contributed by atoms with E-state index in [0.717, 1.165) is 0 Å². The van der Waals surface area contributed by atoms with Crippen LogP contribution in [0.4, 0.5) is 14.7 Å². The average Bonchev–Trinajstić information content (AvgIpc) is 2.46. The number of ether oxygens (including phenoxy) is 2. The van der Waals surface area contributed by atoms with Crippen LogP contribution in [-0.4, -0.2) is 28.7 Å². The standard InChI is InChI=1S/C12H12F2N4O2/c1-19-10-4-5-15-12(18-10)17-6-8-2-3-9(7-16-8)20-11(13)14/h2-5,7,11H,6H2,1H3,(H,15,17,18). The Morgan fingerprint density at radius 3 is 2.75 bits per heavy atom. The van der Waals surface area contributed by atoms with E-state index in [-0.39, 0.29) is 5.75 Å². The largest absolute Gasteiger partial charge is 0.481 e. The molecular formula is C12H12F2N4O2. The van der Waals surface area contributed by atoms with Gasteiger partial charge < -0.3 is 14.8 Å². The smallest absolute Gasteiger partial charge is 0.387 e. The number of anilines is 1. The normalized spacial score (nSPS) is 10.4. The summed E-state index contributed by atoms with van der Waals surface area (Å²) in [4.78, 5) is 12.1. The van der Waals surface area contributed by atoms with E-state index in [0.29, 0.717) is 24.1 Å². The van der Waals surface area contributed by atoms with E-state index >= 15 is 0 Å². The maximum Gasteiger partial charge on any atom is 0.387 e. The van der Waals surface area contributed by atoms with Gasteiger partial charge in [0.05, 0.1) is 25.5 Å². The van der Waals surface area contributed by atoms with Gasteiger partial charge in [-0.3, -0.25) is 4.98 Å². The minimum atomic E-state index is -2.86. The van der Waals surface area contributed by atoms with Crippen LogP contribution in [0.3, 0.4) is 0 Å². The third-order valence-corrected chi connectivity index (χ3v) is 2.29. The van der Waals surface area contributed by atoms with E-state index in [1.54, 1.807) is 18.3 Å². The molecule has 20 heavy (non-hydrogen) atoms. The average molecular weight is 282 g/mol. The van der Waals surface area contributed by atoms with Crippen LogP contribution >= 0.6 is 0 Å². The van der Waals surface area contributed by atoms with Crippen LogP contribution in [0.25, 0.3) is 0 Å². The molecule has 0 spiro atoms. The van der Waals surface area contributed by atoms with Gasteiger partial charge in [-0.1, -0.05) is 0 Å². The third-order valence-electron chi connectivity index (χ3n) is 2.29. The third kappa shape index (κ3) is 4.01. The summed E-state index contributed by atoms with van der Waals surface area (Å²) in [6.07, 6.45) is 2.79. The lowest BCUT2D eigenvalue weighted by Gasteiger charge is -2.07. The minimum Gasteiger partial charge on any atom is -0.481 e. The number of alkyl halides is 2. The Kier molecular flexibility index (Phi) is 4.59. The molecule has 0 aliphatic heterocycles. The predicted octanol–water partition coefficient (Wildman–Crippen LogP) is 2.09. The van der Waals surface area contributed by atoms with E-state index in [9.17, 15) is 8.78 Å². The van der Waals surface area contributed by atoms with Crippen LogP contribution < -0.4 is 14.8 Å². The van der Waals surface area contributed by atoms with Crippen molar-refractivity contribution in [3.63, 3.8) is 0 Å². The Bertz CT molecular complexity index is 551. The molecule has 0 atom stereocenters. The van der Waals surface area contributed by atoms with Gasteiger partial charge in [0, 0.05) is 12.3 Å². The number of nitrogens with zero attached hydrogens (tertiary/aromatic N) is 3. The number of methoxy groups -OCH3 is 1. The molecule has 2 heterocycles. The highest BCUT2D eigenvalue weighted by Crippen LogP contribution is 2.13. The van der Waals surface area contributed by atoms with E-state index < -0.39 is 6.61 Å². The topological polar surface area (TPSA) is 69.2 Å². The summed E-state index contributed by atoms with van der Waals surface area (Å²) in [5, 5.41) is 2.94. The quantitative estimate of drug-likeness (QED) is 0.875. The summed E-state index contributed by atoms with van der Waals surface area (Å²) < 4.78 is 33.1. The molecule has 0 aliphatic rings. The molecule has 0 radical (unpaired) electrons. The van der Waals surface area contributed by atoms with E-state index in [1.807, 2.05) is 0 Å². The van der Waals surface area contributed by atoms with Crippen LogP contribution in [0.15, 0.2) is 30.6 Å². The molecule has 0 aliphatic carbocycles. The van der Waals surface area contributed by atoms with Gasteiger partial charge in [-0.25, -0.2) is 4.98 Å². The van der Waals surface area contributed by atoms with Crippen molar-refractivity contribution < 1.29 is 18.3 Å². The lowest BCUT2D eigenvalue weighted by molar-refractivity contribution is -0.0500. The van der Waals surface area contributed by atoms with Crippen molar-refractivity contribution in [3.8, 4) is 11.6 Å². The first-order valence-corrected chi connectivity index (χ1v) is 5.68. The van der Waals surface area contributed by atoms with Gasteiger partial charge in [0.1, 0.15) is 5.75 Å². The van der Waals surface area contributed by atoms with E-state index in [4.69, 9.17) is 4.74 Å². The van der Waals surface area contributed by atoms with Gasteiger partial charge in [-0.15, -0.1) is 0 Å². The van der Waals surface area contributed by atoms with Crippen LogP contribution in [0.2, 0.25) is 0 Å². The molecule has 0 bridgehead atoms. The van der Waals surface area contributed by atoms with Gasteiger partial charge in [0.15, 0.2) is 0 Å². The van der Waals surface area contributed by atoms with Gasteiger partial charge in [0.25, 0.3) is 0 Å². The Balaban J connectivity index is 1.93. The van der Waals surface area contributed by atoms with Crippen LogP contribution in [0.1, 0.15) is 5.69 Å². The molecule has 0 fully saturated rings. The van der Waals surface area contributed by atoms with Crippen molar-refractivity contribution in [3.05, 3.63) is 36.3 Å². The first kappa shape index (κ1) is 13.9. The van der Waals surface area contributed by atoms with Gasteiger partial charge >= 0.3 is 6.61 Å². The maximum atomic E-state index is 12.0. The highest BCUT2D eigenvalue weighted by molar-refractivity contribution is 5.29. The molecule has 0 saturated carbocycles. The van der Waals surface area contributed by atoms with E-state index in [1.165, 1.54) is 19.4 Å². The molecule has 0 unspecified atom stereocenters. The molecule has 106 valence electrons. The summed E-state index contributed by atoms with van der Waals surface area (Å²) in [6.45, 7) is -2.51. The zero-order valence-corrected chi connectivity index (χ0v) is 10.6. The first-order chi connectivity index (χ1) is 9.67. The molecule has 0 saturated heterocycles. The summed E-state index contributed by atoms with van der Waals surface area (Å²) in [7, 11) is 1.51. The van der Waals surface area contributed by atoms with Gasteiger partial charge in [-0.2, -0.15) is 13.8 Å². The molecule has 2 aromatic heterocycles. The number of pyridine rings is 1. The fourth-order valence-electron chi connectivity index (χ4n) is 1.40. The monoisotopic (exact) mass is 282 g/mol. The lowest BCUT2D eigenvalue weighted by Crippen LogP contribution is -2.06. The number of rotatable bonds is 6. The zero-order valence-electron chi connectivity index (χ0n) is 10.6. The molecule has 0 amide bonds.